The maximum atomic E-state index is 13.1. The SMILES string of the molecule is COC(=O)c1cnc(NC(=O)Nc2cc(-c3ccccc3-c3nnn[nH]3)ccc2N(CC(C)C)CC(C)C)s1. The Bertz CT molecular complexity index is 1410. The Kier molecular flexibility index (Phi) is 8.87. The first-order valence-electron chi connectivity index (χ1n) is 12.6. The predicted octanol–water partition coefficient (Wildman–Crippen LogP) is 5.54. The Labute approximate surface area is 231 Å². The van der Waals surface area contributed by atoms with Crippen molar-refractivity contribution in [2.75, 3.05) is 35.7 Å². The second kappa shape index (κ2) is 12.5. The number of ether oxygens (including phenoxy) is 1. The minimum atomic E-state index is -0.505. The van der Waals surface area contributed by atoms with E-state index in [0.717, 1.165) is 46.8 Å². The number of thiazole rings is 1. The summed E-state index contributed by atoms with van der Waals surface area (Å²) in [6.45, 7) is 10.3. The number of hydrogen-bond donors (Lipinski definition) is 3. The Morgan fingerprint density at radius 1 is 1.03 bits per heavy atom. The summed E-state index contributed by atoms with van der Waals surface area (Å²) >= 11 is 1.04. The molecular weight excluding hydrogens is 516 g/mol. The van der Waals surface area contributed by atoms with E-state index in [1.807, 2.05) is 42.5 Å². The van der Waals surface area contributed by atoms with Crippen LogP contribution in [0.4, 0.5) is 21.3 Å². The molecule has 2 aromatic heterocycles. The standard InChI is InChI=1S/C27H32N8O3S/c1-16(2)14-35(15-17(3)4)22-11-10-18(19-8-6-7-9-20(19)24-31-33-34-32-24)12-21(22)29-26(37)30-27-28-13-23(39-27)25(36)38-5/h6-13,16-17H,14-15H2,1-5H3,(H2,28,29,30,37)(H,31,32,33,34). The normalized spacial score (nSPS) is 11.1. The van der Waals surface area contributed by atoms with E-state index in [0.29, 0.717) is 28.2 Å². The molecule has 0 bridgehead atoms. The van der Waals surface area contributed by atoms with Crippen molar-refractivity contribution in [1.82, 2.24) is 25.6 Å². The topological polar surface area (TPSA) is 138 Å². The zero-order valence-corrected chi connectivity index (χ0v) is 23.4. The summed E-state index contributed by atoms with van der Waals surface area (Å²) < 4.78 is 4.73. The molecule has 4 aromatic rings. The minimum absolute atomic E-state index is 0.287. The van der Waals surface area contributed by atoms with Crippen molar-refractivity contribution in [3.05, 3.63) is 53.5 Å². The van der Waals surface area contributed by atoms with E-state index in [2.05, 4.69) is 68.8 Å². The smallest absolute Gasteiger partial charge is 0.349 e. The Hall–Kier alpha value is -4.32. The quantitative estimate of drug-likeness (QED) is 0.220. The summed E-state index contributed by atoms with van der Waals surface area (Å²) in [6, 6.07) is 13.3. The first-order valence-corrected chi connectivity index (χ1v) is 13.4. The van der Waals surface area contributed by atoms with Crippen LogP contribution in [0.2, 0.25) is 0 Å². The second-order valence-electron chi connectivity index (χ2n) is 9.82. The maximum absolute atomic E-state index is 13.1. The van der Waals surface area contributed by atoms with Crippen molar-refractivity contribution in [1.29, 1.82) is 0 Å². The number of urea groups is 1. The van der Waals surface area contributed by atoms with Gasteiger partial charge in [0.1, 0.15) is 4.88 Å². The van der Waals surface area contributed by atoms with Gasteiger partial charge in [-0.3, -0.25) is 5.32 Å². The molecule has 0 unspecified atom stereocenters. The summed E-state index contributed by atoms with van der Waals surface area (Å²) in [6.07, 6.45) is 1.38. The van der Waals surface area contributed by atoms with Crippen LogP contribution in [0, 0.1) is 11.8 Å². The second-order valence-corrected chi connectivity index (χ2v) is 10.9. The van der Waals surface area contributed by atoms with Crippen LogP contribution in [0.5, 0.6) is 0 Å². The lowest BCUT2D eigenvalue weighted by molar-refractivity contribution is 0.0606. The lowest BCUT2D eigenvalue weighted by Gasteiger charge is -2.30. The summed E-state index contributed by atoms with van der Waals surface area (Å²) in [7, 11) is 1.30. The number of carbonyl (C=O) groups excluding carboxylic acids is 2. The number of nitrogens with zero attached hydrogens (tertiary/aromatic N) is 5. The average Bonchev–Trinajstić information content (AvgIpc) is 3.60. The molecule has 0 saturated heterocycles. The molecule has 2 heterocycles. The molecule has 11 nitrogen and oxygen atoms in total. The molecule has 39 heavy (non-hydrogen) atoms. The van der Waals surface area contributed by atoms with Gasteiger partial charge in [-0.1, -0.05) is 69.4 Å². The van der Waals surface area contributed by atoms with Crippen molar-refractivity contribution in [2.24, 2.45) is 11.8 Å². The lowest BCUT2D eigenvalue weighted by Crippen LogP contribution is -2.32. The van der Waals surface area contributed by atoms with Gasteiger partial charge in [-0.15, -0.1) is 5.10 Å². The van der Waals surface area contributed by atoms with Gasteiger partial charge in [0.2, 0.25) is 0 Å². The monoisotopic (exact) mass is 548 g/mol. The van der Waals surface area contributed by atoms with Gasteiger partial charge < -0.3 is 15.0 Å². The number of esters is 1. The highest BCUT2D eigenvalue weighted by atomic mass is 32.1. The Morgan fingerprint density at radius 2 is 1.74 bits per heavy atom. The van der Waals surface area contributed by atoms with Gasteiger partial charge in [0.15, 0.2) is 11.0 Å². The van der Waals surface area contributed by atoms with Gasteiger partial charge in [-0.2, -0.15) is 0 Å². The predicted molar refractivity (Wildman–Crippen MR) is 153 cm³/mol. The first-order chi connectivity index (χ1) is 18.7. The molecule has 0 atom stereocenters. The zero-order valence-electron chi connectivity index (χ0n) is 22.6. The third-order valence-corrected chi connectivity index (χ3v) is 6.60. The Balaban J connectivity index is 1.71. The summed E-state index contributed by atoms with van der Waals surface area (Å²) in [5.41, 5.74) is 4.18. The highest BCUT2D eigenvalue weighted by Crippen LogP contribution is 2.36. The van der Waals surface area contributed by atoms with Crippen molar-refractivity contribution in [2.45, 2.75) is 27.7 Å². The van der Waals surface area contributed by atoms with Crippen LogP contribution in [0.25, 0.3) is 22.5 Å². The van der Waals surface area contributed by atoms with Crippen LogP contribution in [0.1, 0.15) is 37.4 Å². The lowest BCUT2D eigenvalue weighted by atomic mass is 9.98. The number of carbonyl (C=O) groups is 2. The highest BCUT2D eigenvalue weighted by Gasteiger charge is 2.19. The molecule has 0 saturated carbocycles. The fraction of sp³-hybridized carbons (Fsp3) is 0.333. The maximum Gasteiger partial charge on any atom is 0.349 e. The van der Waals surface area contributed by atoms with Gasteiger partial charge in [0.25, 0.3) is 0 Å². The number of amides is 2. The molecule has 0 spiro atoms. The molecular formula is C27H32N8O3S. The van der Waals surface area contributed by atoms with Crippen molar-refractivity contribution in [3.63, 3.8) is 0 Å². The van der Waals surface area contributed by atoms with E-state index in [1.54, 1.807) is 0 Å². The summed E-state index contributed by atoms with van der Waals surface area (Å²) in [5, 5.41) is 20.4. The third-order valence-electron chi connectivity index (χ3n) is 5.71. The van der Waals surface area contributed by atoms with Gasteiger partial charge in [0, 0.05) is 18.7 Å². The summed E-state index contributed by atoms with van der Waals surface area (Å²) in [5.74, 6) is 0.872. The van der Waals surface area contributed by atoms with Crippen molar-refractivity contribution in [3.8, 4) is 22.5 Å². The molecule has 204 valence electrons. The van der Waals surface area contributed by atoms with Crippen LogP contribution >= 0.6 is 11.3 Å². The number of benzene rings is 2. The van der Waals surface area contributed by atoms with Crippen LogP contribution in [-0.4, -0.2) is 57.8 Å². The molecule has 0 fully saturated rings. The number of hydrogen-bond acceptors (Lipinski definition) is 9. The fourth-order valence-corrected chi connectivity index (χ4v) is 4.95. The molecule has 0 aliphatic heterocycles. The third kappa shape index (κ3) is 6.96. The number of methoxy groups -OCH3 is 1. The van der Waals surface area contributed by atoms with Gasteiger partial charge in [0.05, 0.1) is 24.7 Å². The summed E-state index contributed by atoms with van der Waals surface area (Å²) in [4.78, 5) is 31.6. The van der Waals surface area contributed by atoms with E-state index >= 15 is 0 Å². The van der Waals surface area contributed by atoms with E-state index in [1.165, 1.54) is 13.3 Å². The fourth-order valence-electron chi connectivity index (χ4n) is 4.22. The van der Waals surface area contributed by atoms with Gasteiger partial charge in [-0.25, -0.2) is 19.7 Å². The zero-order chi connectivity index (χ0) is 27.9. The Morgan fingerprint density at radius 3 is 2.38 bits per heavy atom. The van der Waals surface area contributed by atoms with Crippen molar-refractivity contribution < 1.29 is 14.3 Å². The number of tetrazole rings is 1. The largest absolute Gasteiger partial charge is 0.465 e. The first kappa shape index (κ1) is 27.7. The minimum Gasteiger partial charge on any atom is -0.465 e. The van der Waals surface area contributed by atoms with E-state index < -0.39 is 12.0 Å². The highest BCUT2D eigenvalue weighted by molar-refractivity contribution is 7.17. The van der Waals surface area contributed by atoms with E-state index in [9.17, 15) is 9.59 Å². The molecule has 0 radical (unpaired) electrons. The number of aromatic nitrogens is 5. The molecule has 3 N–H and O–H groups in total. The number of anilines is 3. The number of rotatable bonds is 10. The van der Waals surface area contributed by atoms with Gasteiger partial charge in [-0.05, 0) is 45.5 Å². The molecule has 4 rings (SSSR count). The van der Waals surface area contributed by atoms with Gasteiger partial charge >= 0.3 is 12.0 Å². The molecule has 2 aromatic carbocycles. The number of H-pyrrole nitrogens is 1. The average molecular weight is 549 g/mol. The molecule has 0 aliphatic rings. The molecule has 12 heteroatoms. The van der Waals surface area contributed by atoms with E-state index in [4.69, 9.17) is 4.74 Å². The number of nitrogens with one attached hydrogen (secondary N) is 3. The van der Waals surface area contributed by atoms with Crippen LogP contribution in [0.15, 0.2) is 48.7 Å². The van der Waals surface area contributed by atoms with Crippen LogP contribution < -0.4 is 15.5 Å². The molecule has 2 amide bonds. The molecule has 0 aliphatic carbocycles. The van der Waals surface area contributed by atoms with E-state index in [-0.39, 0.29) is 5.13 Å². The number of aromatic amines is 1. The van der Waals surface area contributed by atoms with Crippen LogP contribution in [-0.2, 0) is 4.74 Å². The van der Waals surface area contributed by atoms with Crippen LogP contribution in [0.3, 0.4) is 0 Å². The van der Waals surface area contributed by atoms with Crippen molar-refractivity contribution >= 4 is 39.8 Å².